The van der Waals surface area contributed by atoms with Gasteiger partial charge in [0.2, 0.25) is 5.91 Å². The number of hydrogen-bond donors (Lipinski definition) is 1. The molecule has 0 unspecified atom stereocenters. The van der Waals surface area contributed by atoms with Gasteiger partial charge >= 0.3 is 0 Å². The van der Waals surface area contributed by atoms with Crippen LogP contribution in [0.4, 0.5) is 10.1 Å². The molecule has 1 aromatic carbocycles. The van der Waals surface area contributed by atoms with Crippen molar-refractivity contribution in [2.75, 3.05) is 5.32 Å². The van der Waals surface area contributed by atoms with Crippen molar-refractivity contribution in [3.05, 3.63) is 63.8 Å². The number of nitrogens with one attached hydrogen (secondary N) is 1. The lowest BCUT2D eigenvalue weighted by Crippen LogP contribution is -2.27. The van der Waals surface area contributed by atoms with Crippen LogP contribution in [0.1, 0.15) is 0 Å². The number of pyridine rings is 1. The second kappa shape index (κ2) is 5.67. The van der Waals surface area contributed by atoms with Crippen molar-refractivity contribution in [3.63, 3.8) is 0 Å². The van der Waals surface area contributed by atoms with Crippen molar-refractivity contribution >= 4 is 23.2 Å². The van der Waals surface area contributed by atoms with E-state index in [2.05, 4.69) is 5.32 Å². The molecule has 19 heavy (non-hydrogen) atoms. The minimum atomic E-state index is -0.574. The number of rotatable bonds is 3. The highest BCUT2D eigenvalue weighted by atomic mass is 35.5. The molecule has 0 fully saturated rings. The minimum Gasteiger partial charge on any atom is -0.324 e. The number of carbonyl (C=O) groups excluding carboxylic acids is 1. The van der Waals surface area contributed by atoms with Gasteiger partial charge in [0.25, 0.3) is 5.56 Å². The smallest absolute Gasteiger partial charge is 0.251 e. The van der Waals surface area contributed by atoms with Crippen LogP contribution in [0.3, 0.4) is 0 Å². The second-order valence-corrected chi connectivity index (χ2v) is 4.31. The Hall–Kier alpha value is -2.14. The second-order valence-electron chi connectivity index (χ2n) is 3.87. The van der Waals surface area contributed by atoms with E-state index in [4.69, 9.17) is 11.6 Å². The van der Waals surface area contributed by atoms with Gasteiger partial charge < -0.3 is 9.88 Å². The Morgan fingerprint density at radius 3 is 2.84 bits per heavy atom. The molecular weight excluding hydrogens is 271 g/mol. The van der Waals surface area contributed by atoms with Gasteiger partial charge in [0.15, 0.2) is 0 Å². The number of hydrogen-bond acceptors (Lipinski definition) is 2. The summed E-state index contributed by atoms with van der Waals surface area (Å²) in [5.41, 5.74) is 0.0737. The summed E-state index contributed by atoms with van der Waals surface area (Å²) in [6.07, 6.45) is 0.986. The fourth-order valence-corrected chi connectivity index (χ4v) is 1.74. The third-order valence-electron chi connectivity index (χ3n) is 2.37. The predicted molar refractivity (Wildman–Crippen MR) is 70.7 cm³/mol. The topological polar surface area (TPSA) is 51.1 Å². The minimum absolute atomic E-state index is 0.261. The average molecular weight is 281 g/mol. The van der Waals surface area contributed by atoms with E-state index in [0.717, 1.165) is 22.9 Å². The monoisotopic (exact) mass is 280 g/mol. The maximum Gasteiger partial charge on any atom is 0.251 e. The highest BCUT2D eigenvalue weighted by molar-refractivity contribution is 6.30. The average Bonchev–Trinajstić information content (AvgIpc) is 2.34. The summed E-state index contributed by atoms with van der Waals surface area (Å²) < 4.78 is 14.0. The van der Waals surface area contributed by atoms with Gasteiger partial charge in [-0.05, 0) is 24.3 Å². The SMILES string of the molecule is O=C(Cn1cc(F)ccc1=O)Nc1cccc(Cl)c1. The lowest BCUT2D eigenvalue weighted by atomic mass is 10.3. The predicted octanol–water partition coefficient (Wildman–Crippen LogP) is 2.28. The third kappa shape index (κ3) is 3.66. The Balaban J connectivity index is 2.09. The first-order valence-electron chi connectivity index (χ1n) is 5.46. The van der Waals surface area contributed by atoms with Crippen molar-refractivity contribution in [2.45, 2.75) is 6.54 Å². The number of carbonyl (C=O) groups is 1. The van der Waals surface area contributed by atoms with Gasteiger partial charge in [-0.2, -0.15) is 0 Å². The van der Waals surface area contributed by atoms with E-state index in [9.17, 15) is 14.0 Å². The molecule has 6 heteroatoms. The number of halogens is 2. The van der Waals surface area contributed by atoms with Crippen molar-refractivity contribution in [1.82, 2.24) is 4.57 Å². The summed E-state index contributed by atoms with van der Waals surface area (Å²) in [5, 5.41) is 3.06. The number of nitrogens with zero attached hydrogens (tertiary/aromatic N) is 1. The maximum absolute atomic E-state index is 13.0. The van der Waals surface area contributed by atoms with Gasteiger partial charge in [-0.1, -0.05) is 17.7 Å². The number of amides is 1. The summed E-state index contributed by atoms with van der Waals surface area (Å²) in [4.78, 5) is 23.1. The van der Waals surface area contributed by atoms with Crippen LogP contribution >= 0.6 is 11.6 Å². The fraction of sp³-hybridized carbons (Fsp3) is 0.0769. The van der Waals surface area contributed by atoms with E-state index >= 15 is 0 Å². The van der Waals surface area contributed by atoms with Crippen LogP contribution in [0.15, 0.2) is 47.4 Å². The summed E-state index contributed by atoms with van der Waals surface area (Å²) in [6.45, 7) is -0.261. The Labute approximate surface area is 113 Å². The number of anilines is 1. The van der Waals surface area contributed by atoms with E-state index in [-0.39, 0.29) is 6.54 Å². The molecule has 98 valence electrons. The summed E-state index contributed by atoms with van der Waals surface area (Å²) in [7, 11) is 0. The van der Waals surface area contributed by atoms with Crippen LogP contribution in [0.25, 0.3) is 0 Å². The zero-order chi connectivity index (χ0) is 13.8. The molecule has 2 rings (SSSR count). The van der Waals surface area contributed by atoms with E-state index in [1.165, 1.54) is 0 Å². The van der Waals surface area contributed by atoms with Crippen LogP contribution < -0.4 is 10.9 Å². The largest absolute Gasteiger partial charge is 0.324 e. The first-order valence-corrected chi connectivity index (χ1v) is 5.84. The van der Waals surface area contributed by atoms with E-state index in [1.807, 2.05) is 0 Å². The van der Waals surface area contributed by atoms with Gasteiger partial charge in [0.05, 0.1) is 0 Å². The molecule has 2 aromatic rings. The molecule has 0 spiro atoms. The molecule has 0 aliphatic heterocycles. The van der Waals surface area contributed by atoms with Crippen molar-refractivity contribution < 1.29 is 9.18 Å². The number of aromatic nitrogens is 1. The standard InChI is InChI=1S/C13H10ClFN2O2/c14-9-2-1-3-11(6-9)16-12(18)8-17-7-10(15)4-5-13(17)19/h1-7H,8H2,(H,16,18). The summed E-state index contributed by atoms with van der Waals surface area (Å²) in [6, 6.07) is 8.72. The summed E-state index contributed by atoms with van der Waals surface area (Å²) >= 11 is 5.78. The number of benzene rings is 1. The van der Waals surface area contributed by atoms with Crippen molar-refractivity contribution in [1.29, 1.82) is 0 Å². The molecule has 1 N–H and O–H groups in total. The first kappa shape index (κ1) is 13.3. The molecule has 1 heterocycles. The normalized spacial score (nSPS) is 10.2. The van der Waals surface area contributed by atoms with E-state index in [1.54, 1.807) is 24.3 Å². The highest BCUT2D eigenvalue weighted by Gasteiger charge is 2.06. The molecule has 0 aliphatic carbocycles. The van der Waals surface area contributed by atoms with E-state index in [0.29, 0.717) is 10.7 Å². The van der Waals surface area contributed by atoms with Gasteiger partial charge in [0, 0.05) is 23.0 Å². The highest BCUT2D eigenvalue weighted by Crippen LogP contribution is 2.14. The third-order valence-corrected chi connectivity index (χ3v) is 2.60. The van der Waals surface area contributed by atoms with Gasteiger partial charge in [0.1, 0.15) is 12.4 Å². The quantitative estimate of drug-likeness (QED) is 0.938. The van der Waals surface area contributed by atoms with Crippen LogP contribution in [0.5, 0.6) is 0 Å². The molecule has 0 saturated carbocycles. The lowest BCUT2D eigenvalue weighted by Gasteiger charge is -2.07. The molecule has 0 saturated heterocycles. The molecule has 4 nitrogen and oxygen atoms in total. The molecular formula is C13H10ClFN2O2. The van der Waals surface area contributed by atoms with Gasteiger partial charge in [-0.3, -0.25) is 9.59 Å². The Morgan fingerprint density at radius 1 is 1.32 bits per heavy atom. The van der Waals surface area contributed by atoms with Gasteiger partial charge in [-0.25, -0.2) is 4.39 Å². The van der Waals surface area contributed by atoms with Crippen LogP contribution in [0, 0.1) is 5.82 Å². The molecule has 0 aliphatic rings. The molecule has 1 amide bonds. The van der Waals surface area contributed by atoms with E-state index < -0.39 is 17.3 Å². The molecule has 0 radical (unpaired) electrons. The molecule has 1 aromatic heterocycles. The Morgan fingerprint density at radius 2 is 2.11 bits per heavy atom. The first-order chi connectivity index (χ1) is 9.04. The van der Waals surface area contributed by atoms with Crippen LogP contribution in [0.2, 0.25) is 5.02 Å². The zero-order valence-electron chi connectivity index (χ0n) is 9.77. The van der Waals surface area contributed by atoms with Crippen LogP contribution in [-0.2, 0) is 11.3 Å². The fourth-order valence-electron chi connectivity index (χ4n) is 1.55. The van der Waals surface area contributed by atoms with Gasteiger partial charge in [-0.15, -0.1) is 0 Å². The Bertz CT molecular complexity index is 670. The van der Waals surface area contributed by atoms with Crippen molar-refractivity contribution in [3.8, 4) is 0 Å². The zero-order valence-corrected chi connectivity index (χ0v) is 10.5. The molecule has 0 bridgehead atoms. The summed E-state index contributed by atoms with van der Waals surface area (Å²) in [5.74, 6) is -1.01. The molecule has 0 atom stereocenters. The maximum atomic E-state index is 13.0. The van der Waals surface area contributed by atoms with Crippen molar-refractivity contribution in [2.24, 2.45) is 0 Å². The van der Waals surface area contributed by atoms with Crippen LogP contribution in [-0.4, -0.2) is 10.5 Å². The Kier molecular flexibility index (Phi) is 3.97. The lowest BCUT2D eigenvalue weighted by molar-refractivity contribution is -0.116.